The maximum atomic E-state index is 10.7. The Morgan fingerprint density at radius 2 is 2.29 bits per heavy atom. The van der Waals surface area contributed by atoms with Crippen molar-refractivity contribution in [2.45, 2.75) is 19.9 Å². The molecule has 0 aliphatic rings. The van der Waals surface area contributed by atoms with Gasteiger partial charge in [-0.2, -0.15) is 0 Å². The molecule has 0 radical (unpaired) electrons. The average molecular weight is 311 g/mol. The zero-order valence-electron chi connectivity index (χ0n) is 11.7. The van der Waals surface area contributed by atoms with E-state index >= 15 is 0 Å². The van der Waals surface area contributed by atoms with Gasteiger partial charge in [-0.1, -0.05) is 18.5 Å². The maximum absolute atomic E-state index is 10.7. The van der Waals surface area contributed by atoms with Gasteiger partial charge in [0.2, 0.25) is 0 Å². The molecule has 0 amide bonds. The minimum Gasteiger partial charge on any atom is -0.496 e. The number of hydrogen-bond donors (Lipinski definition) is 1. The molecule has 0 saturated heterocycles. The Morgan fingerprint density at radius 1 is 1.52 bits per heavy atom. The smallest absolute Gasteiger partial charge is 0.303 e. The van der Waals surface area contributed by atoms with Crippen molar-refractivity contribution in [1.29, 1.82) is 0 Å². The highest BCUT2D eigenvalue weighted by atomic mass is 35.5. The van der Waals surface area contributed by atoms with E-state index in [9.17, 15) is 4.79 Å². The van der Waals surface area contributed by atoms with Gasteiger partial charge in [0.05, 0.1) is 12.7 Å². The number of hydrogen-bond acceptors (Lipinski definition) is 5. The number of tetrazole rings is 1. The fourth-order valence-electron chi connectivity index (χ4n) is 2.03. The van der Waals surface area contributed by atoms with Gasteiger partial charge in [0.1, 0.15) is 5.75 Å². The zero-order valence-corrected chi connectivity index (χ0v) is 12.4. The summed E-state index contributed by atoms with van der Waals surface area (Å²) >= 11 is 5.93. The lowest BCUT2D eigenvalue weighted by Gasteiger charge is -2.12. The lowest BCUT2D eigenvalue weighted by atomic mass is 10.1. The fraction of sp³-hybridized carbons (Fsp3) is 0.385. The average Bonchev–Trinajstić information content (AvgIpc) is 2.85. The minimum atomic E-state index is -0.846. The molecule has 0 bridgehead atoms. The van der Waals surface area contributed by atoms with Crippen LogP contribution in [0.3, 0.4) is 0 Å². The number of carboxylic acid groups (broad SMARTS) is 1. The molecule has 7 nitrogen and oxygen atoms in total. The summed E-state index contributed by atoms with van der Waals surface area (Å²) in [5, 5.41) is 20.9. The molecular formula is C13H15ClN4O3. The predicted molar refractivity (Wildman–Crippen MR) is 76.2 cm³/mol. The van der Waals surface area contributed by atoms with Crippen LogP contribution < -0.4 is 4.74 Å². The highest BCUT2D eigenvalue weighted by Gasteiger charge is 2.17. The Labute approximate surface area is 126 Å². The standard InChI is InChI=1S/C13H15ClN4O3/c1-8(5-12(19)20)7-18-13(15-16-17-18)10-4-3-9(14)6-11(10)21-2/h3-4,6,8H,5,7H2,1-2H3,(H,19,20). The summed E-state index contributed by atoms with van der Waals surface area (Å²) in [6.07, 6.45) is 0.0526. The highest BCUT2D eigenvalue weighted by Crippen LogP contribution is 2.31. The van der Waals surface area contributed by atoms with Crippen molar-refractivity contribution >= 4 is 17.6 Å². The molecule has 1 unspecified atom stereocenters. The number of carboxylic acids is 1. The second-order valence-electron chi connectivity index (χ2n) is 4.73. The van der Waals surface area contributed by atoms with Crippen molar-refractivity contribution in [2.24, 2.45) is 5.92 Å². The topological polar surface area (TPSA) is 90.1 Å². The Kier molecular flexibility index (Phi) is 4.74. The van der Waals surface area contributed by atoms with Crippen LogP contribution in [0.5, 0.6) is 5.75 Å². The van der Waals surface area contributed by atoms with E-state index in [1.807, 2.05) is 6.92 Å². The molecule has 1 heterocycles. The normalized spacial score (nSPS) is 12.1. The van der Waals surface area contributed by atoms with Crippen LogP contribution >= 0.6 is 11.6 Å². The molecule has 0 saturated carbocycles. The second kappa shape index (κ2) is 6.53. The van der Waals surface area contributed by atoms with Gasteiger partial charge in [-0.05, 0) is 34.5 Å². The van der Waals surface area contributed by atoms with E-state index in [0.29, 0.717) is 28.7 Å². The number of aromatic nitrogens is 4. The molecule has 0 aliphatic heterocycles. The third-order valence-electron chi connectivity index (χ3n) is 2.94. The molecule has 8 heteroatoms. The number of rotatable bonds is 6. The third-order valence-corrected chi connectivity index (χ3v) is 3.18. The molecule has 2 aromatic rings. The van der Waals surface area contributed by atoms with Crippen LogP contribution in [0.1, 0.15) is 13.3 Å². The number of ether oxygens (including phenoxy) is 1. The van der Waals surface area contributed by atoms with E-state index < -0.39 is 5.97 Å². The van der Waals surface area contributed by atoms with E-state index in [4.69, 9.17) is 21.4 Å². The number of carbonyl (C=O) groups is 1. The molecule has 1 aromatic heterocycles. The number of aliphatic carboxylic acids is 1. The van der Waals surface area contributed by atoms with Gasteiger partial charge in [0, 0.05) is 18.0 Å². The van der Waals surface area contributed by atoms with Crippen LogP contribution in [0.15, 0.2) is 18.2 Å². The Hall–Kier alpha value is -2.15. The second-order valence-corrected chi connectivity index (χ2v) is 5.17. The summed E-state index contributed by atoms with van der Waals surface area (Å²) in [7, 11) is 1.54. The van der Waals surface area contributed by atoms with Crippen LogP contribution in [0.2, 0.25) is 5.02 Å². The van der Waals surface area contributed by atoms with Crippen LogP contribution in [-0.2, 0) is 11.3 Å². The van der Waals surface area contributed by atoms with E-state index in [2.05, 4.69) is 15.5 Å². The van der Waals surface area contributed by atoms with Gasteiger partial charge in [-0.25, -0.2) is 4.68 Å². The van der Waals surface area contributed by atoms with Crippen molar-refractivity contribution in [3.05, 3.63) is 23.2 Å². The van der Waals surface area contributed by atoms with Crippen molar-refractivity contribution in [3.8, 4) is 17.1 Å². The van der Waals surface area contributed by atoms with Crippen molar-refractivity contribution < 1.29 is 14.6 Å². The summed E-state index contributed by atoms with van der Waals surface area (Å²) in [5.41, 5.74) is 0.703. The predicted octanol–water partition coefficient (Wildman–Crippen LogP) is 2.11. The largest absolute Gasteiger partial charge is 0.496 e. The van der Waals surface area contributed by atoms with Gasteiger partial charge in [-0.15, -0.1) is 5.10 Å². The van der Waals surface area contributed by atoms with Crippen molar-refractivity contribution in [2.75, 3.05) is 7.11 Å². The van der Waals surface area contributed by atoms with Crippen LogP contribution in [0.25, 0.3) is 11.4 Å². The summed E-state index contributed by atoms with van der Waals surface area (Å²) in [5.74, 6) is 0.134. The zero-order chi connectivity index (χ0) is 15.4. The van der Waals surface area contributed by atoms with Gasteiger partial charge in [0.25, 0.3) is 0 Å². The lowest BCUT2D eigenvalue weighted by molar-refractivity contribution is -0.138. The first-order chi connectivity index (χ1) is 10.0. The Balaban J connectivity index is 2.30. The maximum Gasteiger partial charge on any atom is 0.303 e. The molecule has 2 rings (SSSR count). The molecule has 0 aliphatic carbocycles. The quantitative estimate of drug-likeness (QED) is 0.879. The van der Waals surface area contributed by atoms with Crippen LogP contribution in [-0.4, -0.2) is 38.4 Å². The van der Waals surface area contributed by atoms with Gasteiger partial charge < -0.3 is 9.84 Å². The van der Waals surface area contributed by atoms with Gasteiger partial charge in [0.15, 0.2) is 5.82 Å². The first-order valence-corrected chi connectivity index (χ1v) is 6.71. The van der Waals surface area contributed by atoms with Gasteiger partial charge >= 0.3 is 5.97 Å². The Morgan fingerprint density at radius 3 is 2.95 bits per heavy atom. The van der Waals surface area contributed by atoms with Gasteiger partial charge in [-0.3, -0.25) is 4.79 Å². The molecular weight excluding hydrogens is 296 g/mol. The molecule has 112 valence electrons. The summed E-state index contributed by atoms with van der Waals surface area (Å²) in [6.45, 7) is 2.24. The minimum absolute atomic E-state index is 0.0526. The molecule has 21 heavy (non-hydrogen) atoms. The molecule has 0 spiro atoms. The first-order valence-electron chi connectivity index (χ1n) is 6.33. The number of nitrogens with zero attached hydrogens (tertiary/aromatic N) is 4. The van der Waals surface area contributed by atoms with Crippen molar-refractivity contribution in [3.63, 3.8) is 0 Å². The number of benzene rings is 1. The number of methoxy groups -OCH3 is 1. The van der Waals surface area contributed by atoms with Crippen molar-refractivity contribution in [1.82, 2.24) is 20.2 Å². The molecule has 0 fully saturated rings. The molecule has 1 aromatic carbocycles. The molecule has 1 atom stereocenters. The van der Waals surface area contributed by atoms with E-state index in [0.717, 1.165) is 0 Å². The monoisotopic (exact) mass is 310 g/mol. The van der Waals surface area contributed by atoms with E-state index in [1.165, 1.54) is 7.11 Å². The highest BCUT2D eigenvalue weighted by molar-refractivity contribution is 6.30. The van der Waals surface area contributed by atoms with Crippen LogP contribution in [0.4, 0.5) is 0 Å². The lowest BCUT2D eigenvalue weighted by Crippen LogP contribution is -2.14. The van der Waals surface area contributed by atoms with Crippen LogP contribution in [0, 0.1) is 5.92 Å². The summed E-state index contributed by atoms with van der Waals surface area (Å²) < 4.78 is 6.86. The summed E-state index contributed by atoms with van der Waals surface area (Å²) in [6, 6.07) is 5.17. The third kappa shape index (κ3) is 3.69. The Bertz CT molecular complexity index is 644. The molecule has 1 N–H and O–H groups in total. The summed E-state index contributed by atoms with van der Waals surface area (Å²) in [4.78, 5) is 10.7. The SMILES string of the molecule is COc1cc(Cl)ccc1-c1nnnn1CC(C)CC(=O)O. The van der Waals surface area contributed by atoms with E-state index in [-0.39, 0.29) is 12.3 Å². The number of halogens is 1. The van der Waals surface area contributed by atoms with E-state index in [1.54, 1.807) is 22.9 Å². The fourth-order valence-corrected chi connectivity index (χ4v) is 2.19. The first kappa shape index (κ1) is 15.2.